The summed E-state index contributed by atoms with van der Waals surface area (Å²) in [5, 5.41) is 0.0626. The van der Waals surface area contributed by atoms with Crippen molar-refractivity contribution in [2.45, 2.75) is 19.8 Å². The summed E-state index contributed by atoms with van der Waals surface area (Å²) in [6.07, 6.45) is 5.30. The van der Waals surface area contributed by atoms with E-state index in [1.807, 2.05) is 19.1 Å². The van der Waals surface area contributed by atoms with E-state index in [0.29, 0.717) is 13.2 Å². The van der Waals surface area contributed by atoms with Crippen molar-refractivity contribution in [1.29, 1.82) is 0 Å². The zero-order chi connectivity index (χ0) is 14.2. The molecule has 0 fully saturated rings. The SMILES string of the molecule is CCOc1nc(Cl)nc(OCCCc2ccncc2)n1. The van der Waals surface area contributed by atoms with E-state index in [0.717, 1.165) is 12.8 Å². The van der Waals surface area contributed by atoms with Gasteiger partial charge in [-0.15, -0.1) is 4.98 Å². The van der Waals surface area contributed by atoms with Crippen molar-refractivity contribution in [3.05, 3.63) is 35.4 Å². The highest BCUT2D eigenvalue weighted by atomic mass is 35.5. The molecule has 0 aliphatic carbocycles. The van der Waals surface area contributed by atoms with Gasteiger partial charge in [-0.3, -0.25) is 4.98 Å². The minimum atomic E-state index is 0.0626. The molecule has 0 saturated carbocycles. The molecule has 2 heterocycles. The van der Waals surface area contributed by atoms with Gasteiger partial charge in [0.15, 0.2) is 0 Å². The Labute approximate surface area is 122 Å². The minimum Gasteiger partial charge on any atom is -0.464 e. The largest absolute Gasteiger partial charge is 0.464 e. The van der Waals surface area contributed by atoms with Gasteiger partial charge in [0.2, 0.25) is 5.28 Å². The van der Waals surface area contributed by atoms with Gasteiger partial charge in [-0.2, -0.15) is 9.97 Å². The lowest BCUT2D eigenvalue weighted by molar-refractivity contribution is 0.265. The normalized spacial score (nSPS) is 10.3. The molecular formula is C13H15ClN4O2. The molecule has 0 bridgehead atoms. The van der Waals surface area contributed by atoms with Crippen LogP contribution >= 0.6 is 11.6 Å². The van der Waals surface area contributed by atoms with Crippen LogP contribution in [0.4, 0.5) is 0 Å². The van der Waals surface area contributed by atoms with E-state index in [1.54, 1.807) is 12.4 Å². The molecule has 2 aromatic heterocycles. The van der Waals surface area contributed by atoms with Crippen LogP contribution in [0.1, 0.15) is 18.9 Å². The van der Waals surface area contributed by atoms with Crippen LogP contribution in [0.3, 0.4) is 0 Å². The number of ether oxygens (including phenoxy) is 2. The molecule has 0 N–H and O–H groups in total. The molecule has 2 aromatic rings. The average Bonchev–Trinajstić information content (AvgIpc) is 2.45. The highest BCUT2D eigenvalue weighted by molar-refractivity contribution is 6.28. The summed E-state index contributed by atoms with van der Waals surface area (Å²) in [5.41, 5.74) is 1.22. The molecule has 0 unspecified atom stereocenters. The highest BCUT2D eigenvalue weighted by Gasteiger charge is 2.06. The van der Waals surface area contributed by atoms with Crippen molar-refractivity contribution in [2.75, 3.05) is 13.2 Å². The van der Waals surface area contributed by atoms with E-state index >= 15 is 0 Å². The third-order valence-electron chi connectivity index (χ3n) is 2.43. The minimum absolute atomic E-state index is 0.0626. The zero-order valence-corrected chi connectivity index (χ0v) is 11.9. The summed E-state index contributed by atoms with van der Waals surface area (Å²) in [6.45, 7) is 2.79. The molecule has 0 aliphatic heterocycles. The topological polar surface area (TPSA) is 70.0 Å². The molecular weight excluding hydrogens is 280 g/mol. The first-order valence-electron chi connectivity index (χ1n) is 6.34. The van der Waals surface area contributed by atoms with Crippen LogP contribution in [-0.4, -0.2) is 33.1 Å². The number of rotatable bonds is 7. The van der Waals surface area contributed by atoms with E-state index < -0.39 is 0 Å². The van der Waals surface area contributed by atoms with Gasteiger partial charge in [-0.05, 0) is 49.1 Å². The number of nitrogens with zero attached hydrogens (tertiary/aromatic N) is 4. The molecule has 106 valence electrons. The van der Waals surface area contributed by atoms with Gasteiger partial charge in [-0.1, -0.05) is 0 Å². The quantitative estimate of drug-likeness (QED) is 0.730. The number of aromatic nitrogens is 4. The second kappa shape index (κ2) is 7.59. The first-order valence-corrected chi connectivity index (χ1v) is 6.72. The zero-order valence-electron chi connectivity index (χ0n) is 11.1. The Kier molecular flexibility index (Phi) is 5.49. The molecule has 6 nitrogen and oxygen atoms in total. The van der Waals surface area contributed by atoms with Gasteiger partial charge < -0.3 is 9.47 Å². The molecule has 0 spiro atoms. The van der Waals surface area contributed by atoms with E-state index in [2.05, 4.69) is 19.9 Å². The Balaban J connectivity index is 1.81. The van der Waals surface area contributed by atoms with Crippen LogP contribution in [0.5, 0.6) is 12.0 Å². The Morgan fingerprint density at radius 1 is 1.05 bits per heavy atom. The number of hydrogen-bond donors (Lipinski definition) is 0. The maximum Gasteiger partial charge on any atom is 0.323 e. The van der Waals surface area contributed by atoms with Crippen LogP contribution in [-0.2, 0) is 6.42 Å². The van der Waals surface area contributed by atoms with Crippen LogP contribution < -0.4 is 9.47 Å². The molecule has 7 heteroatoms. The molecule has 2 rings (SSSR count). The maximum absolute atomic E-state index is 5.77. The fraction of sp³-hybridized carbons (Fsp3) is 0.385. The summed E-state index contributed by atoms with van der Waals surface area (Å²) in [7, 11) is 0. The van der Waals surface area contributed by atoms with E-state index in [9.17, 15) is 0 Å². The molecule has 0 aliphatic rings. The van der Waals surface area contributed by atoms with E-state index in [4.69, 9.17) is 21.1 Å². The first kappa shape index (κ1) is 14.5. The van der Waals surface area contributed by atoms with Crippen molar-refractivity contribution < 1.29 is 9.47 Å². The van der Waals surface area contributed by atoms with Gasteiger partial charge in [0.25, 0.3) is 0 Å². The number of halogens is 1. The number of pyridine rings is 1. The Bertz CT molecular complexity index is 539. The molecule has 0 amide bonds. The summed E-state index contributed by atoms with van der Waals surface area (Å²) in [6, 6.07) is 4.32. The Morgan fingerprint density at radius 3 is 2.45 bits per heavy atom. The molecule has 0 aromatic carbocycles. The van der Waals surface area contributed by atoms with Crippen molar-refractivity contribution in [2.24, 2.45) is 0 Å². The molecule has 20 heavy (non-hydrogen) atoms. The van der Waals surface area contributed by atoms with Crippen LogP contribution in [0, 0.1) is 0 Å². The maximum atomic E-state index is 5.77. The third kappa shape index (κ3) is 4.62. The summed E-state index contributed by atoms with van der Waals surface area (Å²) >= 11 is 5.77. The second-order valence-electron chi connectivity index (χ2n) is 3.91. The van der Waals surface area contributed by atoms with Crippen LogP contribution in [0.25, 0.3) is 0 Å². The van der Waals surface area contributed by atoms with Crippen LogP contribution in [0.15, 0.2) is 24.5 Å². The summed E-state index contributed by atoms with van der Waals surface area (Å²) < 4.78 is 10.6. The molecule has 0 radical (unpaired) electrons. The van der Waals surface area contributed by atoms with Gasteiger partial charge in [0.1, 0.15) is 0 Å². The third-order valence-corrected chi connectivity index (χ3v) is 2.60. The van der Waals surface area contributed by atoms with Gasteiger partial charge in [0, 0.05) is 12.4 Å². The Hall–Kier alpha value is -1.95. The van der Waals surface area contributed by atoms with Gasteiger partial charge in [-0.25, -0.2) is 0 Å². The lowest BCUT2D eigenvalue weighted by atomic mass is 10.1. The monoisotopic (exact) mass is 294 g/mol. The van der Waals surface area contributed by atoms with E-state index in [1.165, 1.54) is 5.56 Å². The second-order valence-corrected chi connectivity index (χ2v) is 4.25. The average molecular weight is 295 g/mol. The fourth-order valence-corrected chi connectivity index (χ4v) is 1.71. The predicted octanol–water partition coefficient (Wildman–Crippen LogP) is 2.33. The highest BCUT2D eigenvalue weighted by Crippen LogP contribution is 2.13. The van der Waals surface area contributed by atoms with Crippen molar-refractivity contribution in [3.63, 3.8) is 0 Å². The molecule has 0 atom stereocenters. The van der Waals surface area contributed by atoms with E-state index in [-0.39, 0.29) is 17.3 Å². The standard InChI is InChI=1S/C13H15ClN4O2/c1-2-19-12-16-11(14)17-13(18-12)20-9-3-4-10-5-7-15-8-6-10/h5-8H,2-4,9H2,1H3. The Morgan fingerprint density at radius 2 is 1.75 bits per heavy atom. The lowest BCUT2D eigenvalue weighted by Crippen LogP contribution is -2.06. The van der Waals surface area contributed by atoms with Crippen LogP contribution in [0.2, 0.25) is 5.28 Å². The van der Waals surface area contributed by atoms with Crippen molar-refractivity contribution in [1.82, 2.24) is 19.9 Å². The van der Waals surface area contributed by atoms with Gasteiger partial charge in [0.05, 0.1) is 13.2 Å². The van der Waals surface area contributed by atoms with Crippen molar-refractivity contribution in [3.8, 4) is 12.0 Å². The number of aryl methyl sites for hydroxylation is 1. The fourth-order valence-electron chi connectivity index (χ4n) is 1.56. The smallest absolute Gasteiger partial charge is 0.323 e. The van der Waals surface area contributed by atoms with Gasteiger partial charge >= 0.3 is 12.0 Å². The predicted molar refractivity (Wildman–Crippen MR) is 74.1 cm³/mol. The molecule has 0 saturated heterocycles. The summed E-state index contributed by atoms with van der Waals surface area (Å²) in [5.74, 6) is 0. The summed E-state index contributed by atoms with van der Waals surface area (Å²) in [4.78, 5) is 15.7. The number of hydrogen-bond acceptors (Lipinski definition) is 6. The lowest BCUT2D eigenvalue weighted by Gasteiger charge is -2.06. The van der Waals surface area contributed by atoms with Crippen molar-refractivity contribution >= 4 is 11.6 Å². The first-order chi connectivity index (χ1) is 9.78.